The van der Waals surface area contributed by atoms with Crippen LogP contribution in [-0.2, 0) is 22.3 Å². The molecule has 1 aliphatic rings. The van der Waals surface area contributed by atoms with Gasteiger partial charge in [-0.25, -0.2) is 4.98 Å². The van der Waals surface area contributed by atoms with Gasteiger partial charge in [0, 0.05) is 18.1 Å². The number of hydrogen-bond acceptors (Lipinski definition) is 3. The van der Waals surface area contributed by atoms with Crippen LogP contribution in [-0.4, -0.2) is 19.4 Å². The van der Waals surface area contributed by atoms with Crippen LogP contribution in [0.2, 0.25) is 0 Å². The molecule has 21 heavy (non-hydrogen) atoms. The topological polar surface area (TPSA) is 50.3 Å². The fourth-order valence-corrected chi connectivity index (χ4v) is 4.42. The van der Waals surface area contributed by atoms with Crippen molar-refractivity contribution in [2.45, 2.75) is 30.3 Å². The normalized spacial score (nSPS) is 17.8. The van der Waals surface area contributed by atoms with E-state index in [2.05, 4.69) is 4.98 Å². The van der Waals surface area contributed by atoms with Gasteiger partial charge in [0.2, 0.25) is 0 Å². The summed E-state index contributed by atoms with van der Waals surface area (Å²) in [6.07, 6.45) is 2.22. The van der Waals surface area contributed by atoms with Crippen LogP contribution in [0.15, 0.2) is 47.6 Å². The Balaban J connectivity index is 2.05. The van der Waals surface area contributed by atoms with E-state index in [0.717, 1.165) is 23.2 Å². The van der Waals surface area contributed by atoms with Crippen LogP contribution in [0.5, 0.6) is 0 Å². The Morgan fingerprint density at radius 3 is 2.71 bits per heavy atom. The average molecular weight is 323 g/mol. The van der Waals surface area contributed by atoms with Gasteiger partial charge >= 0.3 is 0 Å². The van der Waals surface area contributed by atoms with Gasteiger partial charge in [0.05, 0.1) is 5.69 Å². The standard InChI is InChI=1S/C15H15ClN2O2S/c1-11-8-13-4-2-3-5-14(13)18(11)21(19,20)15-7-6-12(9-16)10-17-15/h2-7,10-11H,8-9H2,1H3. The van der Waals surface area contributed by atoms with Crippen molar-refractivity contribution in [2.24, 2.45) is 0 Å². The van der Waals surface area contributed by atoms with E-state index in [4.69, 9.17) is 11.6 Å². The van der Waals surface area contributed by atoms with E-state index in [1.807, 2.05) is 31.2 Å². The number of aromatic nitrogens is 1. The van der Waals surface area contributed by atoms with Gasteiger partial charge in [0.25, 0.3) is 10.0 Å². The van der Waals surface area contributed by atoms with Gasteiger partial charge in [-0.15, -0.1) is 11.6 Å². The van der Waals surface area contributed by atoms with Crippen LogP contribution in [0.3, 0.4) is 0 Å². The number of nitrogens with zero attached hydrogens (tertiary/aromatic N) is 2. The smallest absolute Gasteiger partial charge is 0.262 e. The molecule has 0 spiro atoms. The van der Waals surface area contributed by atoms with E-state index in [0.29, 0.717) is 5.88 Å². The number of sulfonamides is 1. The molecule has 0 saturated carbocycles. The van der Waals surface area contributed by atoms with Crippen LogP contribution in [0, 0.1) is 0 Å². The molecule has 3 rings (SSSR count). The largest absolute Gasteiger partial charge is 0.282 e. The number of hydrogen-bond donors (Lipinski definition) is 0. The highest BCUT2D eigenvalue weighted by atomic mass is 35.5. The molecule has 2 aromatic rings. The summed E-state index contributed by atoms with van der Waals surface area (Å²) in [6.45, 7) is 1.91. The lowest BCUT2D eigenvalue weighted by Crippen LogP contribution is -2.36. The molecule has 1 aromatic heterocycles. The molecule has 110 valence electrons. The molecule has 0 bridgehead atoms. The third-order valence-electron chi connectivity index (χ3n) is 3.62. The van der Waals surface area contributed by atoms with Gasteiger partial charge < -0.3 is 0 Å². The summed E-state index contributed by atoms with van der Waals surface area (Å²) >= 11 is 5.71. The highest BCUT2D eigenvalue weighted by Gasteiger charge is 2.36. The second kappa shape index (κ2) is 5.31. The quantitative estimate of drug-likeness (QED) is 0.816. The maximum absolute atomic E-state index is 12.8. The van der Waals surface area contributed by atoms with Crippen molar-refractivity contribution in [1.29, 1.82) is 0 Å². The Hall–Kier alpha value is -1.59. The third-order valence-corrected chi connectivity index (χ3v) is 5.77. The molecule has 0 amide bonds. The Kier molecular flexibility index (Phi) is 3.63. The van der Waals surface area contributed by atoms with Crippen molar-refractivity contribution < 1.29 is 8.42 Å². The molecule has 1 unspecified atom stereocenters. The van der Waals surface area contributed by atoms with Crippen molar-refractivity contribution in [1.82, 2.24) is 4.98 Å². The number of para-hydroxylation sites is 1. The van der Waals surface area contributed by atoms with Crippen molar-refractivity contribution in [3.63, 3.8) is 0 Å². The number of halogens is 1. The minimum absolute atomic E-state index is 0.0555. The number of anilines is 1. The maximum atomic E-state index is 12.8. The van der Waals surface area contributed by atoms with E-state index in [9.17, 15) is 8.42 Å². The zero-order chi connectivity index (χ0) is 15.0. The predicted octanol–water partition coefficient (Wildman–Crippen LogP) is 2.96. The summed E-state index contributed by atoms with van der Waals surface area (Å²) < 4.78 is 27.1. The van der Waals surface area contributed by atoms with E-state index in [1.54, 1.807) is 6.07 Å². The Morgan fingerprint density at radius 1 is 1.29 bits per heavy atom. The Labute approximate surface area is 129 Å². The summed E-state index contributed by atoms with van der Waals surface area (Å²) in [5.74, 6) is 0.316. The fraction of sp³-hybridized carbons (Fsp3) is 0.267. The summed E-state index contributed by atoms with van der Waals surface area (Å²) in [5.41, 5.74) is 2.59. The van der Waals surface area contributed by atoms with E-state index in [1.165, 1.54) is 16.6 Å². The monoisotopic (exact) mass is 322 g/mol. The van der Waals surface area contributed by atoms with Crippen LogP contribution in [0.1, 0.15) is 18.1 Å². The van der Waals surface area contributed by atoms with Crippen LogP contribution >= 0.6 is 11.6 Å². The molecule has 1 aromatic carbocycles. The van der Waals surface area contributed by atoms with E-state index < -0.39 is 10.0 Å². The van der Waals surface area contributed by atoms with Crippen molar-refractivity contribution in [2.75, 3.05) is 4.31 Å². The van der Waals surface area contributed by atoms with Crippen LogP contribution in [0.4, 0.5) is 5.69 Å². The first-order valence-electron chi connectivity index (χ1n) is 6.67. The molecule has 0 saturated heterocycles. The molecule has 1 atom stereocenters. The fourth-order valence-electron chi connectivity index (χ4n) is 2.65. The van der Waals surface area contributed by atoms with Gasteiger partial charge in [0.15, 0.2) is 5.03 Å². The first kappa shape index (κ1) is 14.4. The molecule has 0 aliphatic carbocycles. The summed E-state index contributed by atoms with van der Waals surface area (Å²) in [5, 5.41) is 0.0555. The minimum atomic E-state index is -3.65. The number of pyridine rings is 1. The Morgan fingerprint density at radius 2 is 2.05 bits per heavy atom. The predicted molar refractivity (Wildman–Crippen MR) is 83.1 cm³/mol. The van der Waals surface area contributed by atoms with E-state index in [-0.39, 0.29) is 11.1 Å². The highest BCUT2D eigenvalue weighted by Crippen LogP contribution is 2.35. The average Bonchev–Trinajstić information content (AvgIpc) is 2.83. The van der Waals surface area contributed by atoms with Gasteiger partial charge in [-0.05, 0) is 36.6 Å². The third kappa shape index (κ3) is 2.40. The SMILES string of the molecule is CC1Cc2ccccc2N1S(=O)(=O)c1ccc(CCl)cn1. The maximum Gasteiger partial charge on any atom is 0.282 e. The number of rotatable bonds is 3. The zero-order valence-corrected chi connectivity index (χ0v) is 13.1. The Bertz CT molecular complexity index is 759. The molecular formula is C15H15ClN2O2S. The van der Waals surface area contributed by atoms with Gasteiger partial charge in [-0.3, -0.25) is 4.31 Å². The van der Waals surface area contributed by atoms with Gasteiger partial charge in [0.1, 0.15) is 0 Å². The summed E-state index contributed by atoms with van der Waals surface area (Å²) in [4.78, 5) is 4.06. The second-order valence-corrected chi connectivity index (χ2v) is 7.15. The molecular weight excluding hydrogens is 308 g/mol. The highest BCUT2D eigenvalue weighted by molar-refractivity contribution is 7.92. The van der Waals surface area contributed by atoms with Crippen molar-refractivity contribution in [3.05, 3.63) is 53.7 Å². The second-order valence-electron chi connectivity index (χ2n) is 5.12. The first-order valence-corrected chi connectivity index (χ1v) is 8.64. The molecule has 1 aliphatic heterocycles. The molecule has 0 N–H and O–H groups in total. The lowest BCUT2D eigenvalue weighted by molar-refractivity contribution is 0.580. The zero-order valence-electron chi connectivity index (χ0n) is 11.5. The lowest BCUT2D eigenvalue weighted by atomic mass is 10.1. The number of fused-ring (bicyclic) bond motifs is 1. The molecule has 6 heteroatoms. The summed E-state index contributed by atoms with van der Waals surface area (Å²) in [6, 6.07) is 10.7. The van der Waals surface area contributed by atoms with Crippen molar-refractivity contribution in [3.8, 4) is 0 Å². The van der Waals surface area contributed by atoms with Crippen LogP contribution < -0.4 is 4.31 Å². The number of alkyl halides is 1. The van der Waals surface area contributed by atoms with Gasteiger partial charge in [-0.1, -0.05) is 24.3 Å². The number of benzene rings is 1. The summed E-state index contributed by atoms with van der Waals surface area (Å²) in [7, 11) is -3.65. The molecule has 4 nitrogen and oxygen atoms in total. The van der Waals surface area contributed by atoms with Crippen LogP contribution in [0.25, 0.3) is 0 Å². The first-order chi connectivity index (χ1) is 10.0. The molecule has 2 heterocycles. The molecule has 0 radical (unpaired) electrons. The van der Waals surface area contributed by atoms with Crippen molar-refractivity contribution >= 4 is 27.3 Å². The lowest BCUT2D eigenvalue weighted by Gasteiger charge is -2.23. The van der Waals surface area contributed by atoms with E-state index >= 15 is 0 Å². The minimum Gasteiger partial charge on any atom is -0.262 e. The van der Waals surface area contributed by atoms with Gasteiger partial charge in [-0.2, -0.15) is 8.42 Å². The molecule has 0 fully saturated rings.